The predicted molar refractivity (Wildman–Crippen MR) is 54.9 cm³/mol. The van der Waals surface area contributed by atoms with Crippen LogP contribution in [0.4, 0.5) is 5.69 Å². The van der Waals surface area contributed by atoms with Crippen LogP contribution in [0.5, 0.6) is 0 Å². The molecule has 0 aromatic carbocycles. The lowest BCUT2D eigenvalue weighted by atomic mass is 10.3. The number of halogens is 1. The summed E-state index contributed by atoms with van der Waals surface area (Å²) in [5.74, 6) is 0. The molecule has 1 aromatic heterocycles. The van der Waals surface area contributed by atoms with E-state index >= 15 is 0 Å². The first-order valence-corrected chi connectivity index (χ1v) is 4.45. The van der Waals surface area contributed by atoms with Crippen molar-refractivity contribution in [3.63, 3.8) is 0 Å². The van der Waals surface area contributed by atoms with E-state index in [-0.39, 0.29) is 0 Å². The van der Waals surface area contributed by atoms with Crippen LogP contribution in [0.3, 0.4) is 0 Å². The van der Waals surface area contributed by atoms with Gasteiger partial charge in [0.15, 0.2) is 0 Å². The topological polar surface area (TPSA) is 16.1 Å². The first kappa shape index (κ1) is 8.32. The third-order valence-electron chi connectivity index (χ3n) is 1.86. The van der Waals surface area contributed by atoms with Gasteiger partial charge in [-0.05, 0) is 18.2 Å². The summed E-state index contributed by atoms with van der Waals surface area (Å²) in [5, 5.41) is 0.528. The van der Waals surface area contributed by atoms with Crippen LogP contribution in [0.2, 0.25) is 5.15 Å². The second-order valence-electron chi connectivity index (χ2n) is 2.76. The van der Waals surface area contributed by atoms with Crippen LogP contribution in [-0.4, -0.2) is 11.5 Å². The van der Waals surface area contributed by atoms with E-state index in [1.54, 1.807) is 6.20 Å². The van der Waals surface area contributed by atoms with Crippen LogP contribution in [0.15, 0.2) is 42.8 Å². The maximum atomic E-state index is 5.78. The van der Waals surface area contributed by atoms with Crippen LogP contribution < -0.4 is 4.90 Å². The summed E-state index contributed by atoms with van der Waals surface area (Å²) in [6.07, 6.45) is 9.85. The summed E-state index contributed by atoms with van der Waals surface area (Å²) in [6, 6.07) is 3.79. The molecule has 0 radical (unpaired) electrons. The molecule has 0 amide bonds. The van der Waals surface area contributed by atoms with Crippen LogP contribution in [0.25, 0.3) is 0 Å². The molecule has 1 aromatic rings. The van der Waals surface area contributed by atoms with Crippen molar-refractivity contribution >= 4 is 17.3 Å². The van der Waals surface area contributed by atoms with Gasteiger partial charge in [0.25, 0.3) is 0 Å². The van der Waals surface area contributed by atoms with Crippen molar-refractivity contribution in [1.29, 1.82) is 0 Å². The molecule has 0 unspecified atom stereocenters. The molecule has 2 rings (SSSR count). The molecule has 0 aliphatic carbocycles. The Morgan fingerprint density at radius 2 is 2.31 bits per heavy atom. The number of allylic oxidation sites excluding steroid dienone is 2. The fourth-order valence-corrected chi connectivity index (χ4v) is 1.40. The fourth-order valence-electron chi connectivity index (χ4n) is 1.23. The number of hydrogen-bond donors (Lipinski definition) is 0. The van der Waals surface area contributed by atoms with Crippen molar-refractivity contribution in [3.05, 3.63) is 47.9 Å². The molecule has 1 aliphatic rings. The summed E-state index contributed by atoms with van der Waals surface area (Å²) in [7, 11) is 0. The van der Waals surface area contributed by atoms with Gasteiger partial charge in [-0.15, -0.1) is 0 Å². The number of anilines is 1. The van der Waals surface area contributed by atoms with Crippen LogP contribution in [0.1, 0.15) is 0 Å². The lowest BCUT2D eigenvalue weighted by Crippen LogP contribution is -2.17. The number of pyridine rings is 1. The highest BCUT2D eigenvalue weighted by molar-refractivity contribution is 6.29. The smallest absolute Gasteiger partial charge is 0.131 e. The monoisotopic (exact) mass is 192 g/mol. The first-order chi connectivity index (χ1) is 6.36. The summed E-state index contributed by atoms with van der Waals surface area (Å²) in [5.41, 5.74) is 1.07. The van der Waals surface area contributed by atoms with E-state index in [2.05, 4.69) is 16.0 Å². The van der Waals surface area contributed by atoms with Crippen molar-refractivity contribution in [1.82, 2.24) is 4.98 Å². The standard InChI is InChI=1S/C10H9ClN2/c11-10-8-9(4-5-12-10)13-6-2-1-3-7-13/h1-6,8H,7H2. The molecule has 0 spiro atoms. The second kappa shape index (κ2) is 3.62. The average Bonchev–Trinajstić information content (AvgIpc) is 2.19. The fraction of sp³-hybridized carbons (Fsp3) is 0.100. The van der Waals surface area contributed by atoms with Gasteiger partial charge in [-0.25, -0.2) is 4.98 Å². The van der Waals surface area contributed by atoms with Crippen LogP contribution in [-0.2, 0) is 0 Å². The van der Waals surface area contributed by atoms with Gasteiger partial charge in [0.2, 0.25) is 0 Å². The van der Waals surface area contributed by atoms with E-state index in [1.807, 2.05) is 30.5 Å². The van der Waals surface area contributed by atoms with Crippen molar-refractivity contribution in [3.8, 4) is 0 Å². The molecule has 0 saturated heterocycles. The Bertz CT molecular complexity index is 358. The lowest BCUT2D eigenvalue weighted by Gasteiger charge is -2.20. The zero-order valence-corrected chi connectivity index (χ0v) is 7.78. The van der Waals surface area contributed by atoms with Gasteiger partial charge in [-0.2, -0.15) is 0 Å². The highest BCUT2D eigenvalue weighted by Crippen LogP contribution is 2.18. The highest BCUT2D eigenvalue weighted by atomic mass is 35.5. The van der Waals surface area contributed by atoms with Crippen molar-refractivity contribution < 1.29 is 0 Å². The molecular formula is C10H9ClN2. The molecule has 1 aliphatic heterocycles. The molecule has 0 bridgehead atoms. The van der Waals surface area contributed by atoms with E-state index in [1.165, 1.54) is 0 Å². The third-order valence-corrected chi connectivity index (χ3v) is 2.06. The summed E-state index contributed by atoms with van der Waals surface area (Å²) < 4.78 is 0. The van der Waals surface area contributed by atoms with E-state index in [0.717, 1.165) is 12.2 Å². The van der Waals surface area contributed by atoms with E-state index in [0.29, 0.717) is 5.15 Å². The van der Waals surface area contributed by atoms with Crippen LogP contribution >= 0.6 is 11.6 Å². The SMILES string of the molecule is Clc1cc(N2C=CC=CC2)ccn1. The van der Waals surface area contributed by atoms with E-state index < -0.39 is 0 Å². The predicted octanol–water partition coefficient (Wildman–Crippen LogP) is 2.62. The average molecular weight is 193 g/mol. The highest BCUT2D eigenvalue weighted by Gasteiger charge is 2.03. The molecular weight excluding hydrogens is 184 g/mol. The number of hydrogen-bond acceptors (Lipinski definition) is 2. The van der Waals surface area contributed by atoms with E-state index in [9.17, 15) is 0 Å². The lowest BCUT2D eigenvalue weighted by molar-refractivity contribution is 1.07. The largest absolute Gasteiger partial charge is 0.344 e. The Kier molecular flexibility index (Phi) is 2.32. The molecule has 13 heavy (non-hydrogen) atoms. The van der Waals surface area contributed by atoms with Gasteiger partial charge in [-0.3, -0.25) is 0 Å². The molecule has 2 nitrogen and oxygen atoms in total. The van der Waals surface area contributed by atoms with Crippen molar-refractivity contribution in [2.45, 2.75) is 0 Å². The number of rotatable bonds is 1. The minimum Gasteiger partial charge on any atom is -0.344 e. The zero-order chi connectivity index (χ0) is 9.10. The summed E-state index contributed by atoms with van der Waals surface area (Å²) >= 11 is 5.78. The number of nitrogens with zero attached hydrogens (tertiary/aromatic N) is 2. The Balaban J connectivity index is 2.25. The minimum absolute atomic E-state index is 0.528. The van der Waals surface area contributed by atoms with Gasteiger partial charge in [0, 0.05) is 24.6 Å². The molecule has 3 heteroatoms. The second-order valence-corrected chi connectivity index (χ2v) is 3.15. The Labute approximate surface area is 82.2 Å². The van der Waals surface area contributed by atoms with Gasteiger partial charge in [-0.1, -0.05) is 23.8 Å². The molecule has 0 atom stereocenters. The molecule has 2 heterocycles. The normalized spacial score (nSPS) is 15.0. The molecule has 66 valence electrons. The van der Waals surface area contributed by atoms with Gasteiger partial charge in [0.1, 0.15) is 5.15 Å². The Hall–Kier alpha value is -1.28. The maximum Gasteiger partial charge on any atom is 0.131 e. The number of aromatic nitrogens is 1. The minimum atomic E-state index is 0.528. The van der Waals surface area contributed by atoms with Gasteiger partial charge >= 0.3 is 0 Å². The molecule has 0 N–H and O–H groups in total. The van der Waals surface area contributed by atoms with Crippen molar-refractivity contribution in [2.24, 2.45) is 0 Å². The molecule has 0 saturated carbocycles. The van der Waals surface area contributed by atoms with Gasteiger partial charge < -0.3 is 4.90 Å². The van der Waals surface area contributed by atoms with Gasteiger partial charge in [0.05, 0.1) is 0 Å². The zero-order valence-electron chi connectivity index (χ0n) is 7.02. The summed E-state index contributed by atoms with van der Waals surface area (Å²) in [6.45, 7) is 0.886. The third kappa shape index (κ3) is 1.90. The Morgan fingerprint density at radius 1 is 1.38 bits per heavy atom. The van der Waals surface area contributed by atoms with Crippen molar-refractivity contribution in [2.75, 3.05) is 11.4 Å². The molecule has 0 fully saturated rings. The Morgan fingerprint density at radius 3 is 3.00 bits per heavy atom. The van der Waals surface area contributed by atoms with E-state index in [4.69, 9.17) is 11.6 Å². The quantitative estimate of drug-likeness (QED) is 0.636. The first-order valence-electron chi connectivity index (χ1n) is 4.08. The maximum absolute atomic E-state index is 5.78. The summed E-state index contributed by atoms with van der Waals surface area (Å²) in [4.78, 5) is 6.04. The van der Waals surface area contributed by atoms with Crippen LogP contribution in [0, 0.1) is 0 Å².